The highest BCUT2D eigenvalue weighted by Gasteiger charge is 2.39. The van der Waals surface area contributed by atoms with Gasteiger partial charge >= 0.3 is 18.5 Å². The Kier molecular flexibility index (Phi) is 15.2. The van der Waals surface area contributed by atoms with Gasteiger partial charge in [0.2, 0.25) is 17.3 Å². The molecule has 3 aromatic rings. The Hall–Kier alpha value is -4.57. The molecule has 2 aromatic heterocycles. The van der Waals surface area contributed by atoms with Gasteiger partial charge in [0, 0.05) is 23.2 Å². The maximum absolute atomic E-state index is 11.3. The lowest BCUT2D eigenvalue weighted by Crippen LogP contribution is -2.24. The van der Waals surface area contributed by atoms with Gasteiger partial charge in [0.1, 0.15) is 17.3 Å². The lowest BCUT2D eigenvalue weighted by molar-refractivity contribution is -0.171. The van der Waals surface area contributed by atoms with Crippen molar-refractivity contribution in [3.8, 4) is 0 Å². The standard InChI is InChI=1S/C12H8N2.3C5H5F3O2/c1-3-9-5-6-11-10(4-2-7-13-11)12(9)14-8-1;3*1-3(9)2-4(10)5(6,7)8/h1-8H;3*2H2,1H3. The number of nitrogens with zero attached hydrogens (tertiary/aromatic N) is 2. The topological polar surface area (TPSA) is 128 Å². The number of hydrogen-bond donors (Lipinski definition) is 0. The summed E-state index contributed by atoms with van der Waals surface area (Å²) in [5.74, 6) is -8.29. The molecule has 0 aliphatic rings. The molecule has 2 heterocycles. The molecule has 0 bridgehead atoms. The summed E-state index contributed by atoms with van der Waals surface area (Å²) < 4.78 is 102. The molecule has 240 valence electrons. The van der Waals surface area contributed by atoms with Crippen molar-refractivity contribution in [3.63, 3.8) is 0 Å². The van der Waals surface area contributed by atoms with E-state index in [1.165, 1.54) is 0 Å². The quantitative estimate of drug-likeness (QED) is 0.180. The van der Waals surface area contributed by atoms with Crippen LogP contribution >= 0.6 is 0 Å². The zero-order valence-corrected chi connectivity index (χ0v) is 23.0. The van der Waals surface area contributed by atoms with E-state index in [1.54, 1.807) is 6.20 Å². The number of aromatic nitrogens is 2. The van der Waals surface area contributed by atoms with Gasteiger partial charge in [-0.1, -0.05) is 12.1 Å². The predicted molar refractivity (Wildman–Crippen MR) is 136 cm³/mol. The van der Waals surface area contributed by atoms with Crippen molar-refractivity contribution in [2.75, 3.05) is 0 Å². The van der Waals surface area contributed by atoms with Crippen LogP contribution in [0.3, 0.4) is 0 Å². The number of alkyl halides is 9. The van der Waals surface area contributed by atoms with Gasteiger partial charge in [0.05, 0.1) is 30.3 Å². The van der Waals surface area contributed by atoms with Crippen LogP contribution in [0.2, 0.25) is 0 Å². The lowest BCUT2D eigenvalue weighted by atomic mass is 10.1. The molecule has 0 aliphatic heterocycles. The first-order valence-electron chi connectivity index (χ1n) is 11.8. The Morgan fingerprint density at radius 2 is 0.909 bits per heavy atom. The number of ketones is 6. The Balaban J connectivity index is 0.000000571. The summed E-state index contributed by atoms with van der Waals surface area (Å²) in [6, 6.07) is 12.1. The minimum Gasteiger partial charge on any atom is -0.300 e. The third kappa shape index (κ3) is 15.6. The van der Waals surface area contributed by atoms with E-state index in [-0.39, 0.29) is 0 Å². The summed E-state index contributed by atoms with van der Waals surface area (Å²) in [5.41, 5.74) is 2.02. The largest absolute Gasteiger partial charge is 0.450 e. The summed E-state index contributed by atoms with van der Waals surface area (Å²) in [6.45, 7) is 2.80. The third-order valence-electron chi connectivity index (χ3n) is 4.53. The number of halogens is 9. The van der Waals surface area contributed by atoms with Crippen molar-refractivity contribution in [2.45, 2.75) is 58.6 Å². The number of rotatable bonds is 6. The first kappa shape index (κ1) is 39.4. The van der Waals surface area contributed by atoms with Crippen LogP contribution in [-0.4, -0.2) is 63.2 Å². The van der Waals surface area contributed by atoms with Crippen LogP contribution in [0.15, 0.2) is 48.8 Å². The zero-order chi connectivity index (χ0) is 34.5. The fourth-order valence-electron chi connectivity index (χ4n) is 2.68. The van der Waals surface area contributed by atoms with Crippen LogP contribution in [-0.2, 0) is 28.8 Å². The van der Waals surface area contributed by atoms with Crippen molar-refractivity contribution < 1.29 is 68.3 Å². The summed E-state index contributed by atoms with van der Waals surface area (Å²) in [7, 11) is 0. The fourth-order valence-corrected chi connectivity index (χ4v) is 2.68. The zero-order valence-electron chi connectivity index (χ0n) is 23.0. The first-order chi connectivity index (χ1) is 20.0. The minimum absolute atomic E-state index is 0.776. The molecular weight excluding hydrogens is 619 g/mol. The second-order valence-corrected chi connectivity index (χ2v) is 8.61. The maximum atomic E-state index is 11.3. The van der Waals surface area contributed by atoms with E-state index in [9.17, 15) is 68.3 Å². The molecular formula is C27H23F9N2O6. The molecule has 0 N–H and O–H groups in total. The number of carbonyl (C=O) groups is 6. The first-order valence-corrected chi connectivity index (χ1v) is 11.8. The Labute approximate surface area is 242 Å². The van der Waals surface area contributed by atoms with E-state index >= 15 is 0 Å². The van der Waals surface area contributed by atoms with Crippen molar-refractivity contribution >= 4 is 56.5 Å². The van der Waals surface area contributed by atoms with Crippen LogP contribution in [0, 0.1) is 0 Å². The SMILES string of the molecule is CC(=O)CC(=O)C(F)(F)F.CC(=O)CC(=O)C(F)(F)F.CC(=O)CC(=O)C(F)(F)F.c1cnc2c(c1)ccc1ncccc12. The van der Waals surface area contributed by atoms with Gasteiger partial charge in [-0.15, -0.1) is 0 Å². The number of carbonyl (C=O) groups excluding carboxylic acids is 6. The van der Waals surface area contributed by atoms with Crippen LogP contribution < -0.4 is 0 Å². The van der Waals surface area contributed by atoms with E-state index in [0.717, 1.165) is 42.6 Å². The average molecular weight is 642 g/mol. The number of benzene rings is 1. The third-order valence-corrected chi connectivity index (χ3v) is 4.53. The van der Waals surface area contributed by atoms with Crippen LogP contribution in [0.1, 0.15) is 40.0 Å². The lowest BCUT2D eigenvalue weighted by Gasteiger charge is -2.00. The Morgan fingerprint density at radius 1 is 0.545 bits per heavy atom. The molecule has 0 atom stereocenters. The highest BCUT2D eigenvalue weighted by molar-refractivity contribution is 6.03. The average Bonchev–Trinajstić information content (AvgIpc) is 2.87. The summed E-state index contributed by atoms with van der Waals surface area (Å²) in [6.07, 6.45) is -14.1. The molecule has 3 rings (SSSR count). The van der Waals surface area contributed by atoms with Crippen LogP contribution in [0.4, 0.5) is 39.5 Å². The second kappa shape index (κ2) is 16.9. The van der Waals surface area contributed by atoms with Crippen LogP contribution in [0.5, 0.6) is 0 Å². The molecule has 0 saturated carbocycles. The van der Waals surface area contributed by atoms with E-state index < -0.39 is 72.5 Å². The molecule has 0 radical (unpaired) electrons. The number of hydrogen-bond acceptors (Lipinski definition) is 8. The summed E-state index contributed by atoms with van der Waals surface area (Å²) >= 11 is 0. The van der Waals surface area contributed by atoms with Gasteiger partial charge in [0.25, 0.3) is 0 Å². The van der Waals surface area contributed by atoms with Gasteiger partial charge in [-0.05, 0) is 45.0 Å². The normalized spacial score (nSPS) is 11.1. The van der Waals surface area contributed by atoms with Gasteiger partial charge < -0.3 is 0 Å². The molecule has 0 aliphatic carbocycles. The minimum atomic E-state index is -4.87. The molecule has 17 heteroatoms. The molecule has 0 unspecified atom stereocenters. The Bertz CT molecular complexity index is 1350. The fraction of sp³-hybridized carbons (Fsp3) is 0.333. The van der Waals surface area contributed by atoms with E-state index in [0.29, 0.717) is 0 Å². The molecule has 44 heavy (non-hydrogen) atoms. The van der Waals surface area contributed by atoms with Crippen LogP contribution in [0.25, 0.3) is 21.8 Å². The van der Waals surface area contributed by atoms with Gasteiger partial charge in [-0.25, -0.2) is 0 Å². The summed E-state index contributed by atoms with van der Waals surface area (Å²) in [4.78, 5) is 68.4. The van der Waals surface area contributed by atoms with E-state index in [1.807, 2.05) is 24.4 Å². The van der Waals surface area contributed by atoms with Gasteiger partial charge in [-0.2, -0.15) is 39.5 Å². The highest BCUT2D eigenvalue weighted by Crippen LogP contribution is 2.21. The molecule has 0 fully saturated rings. The smallest absolute Gasteiger partial charge is 0.300 e. The highest BCUT2D eigenvalue weighted by atomic mass is 19.4. The summed E-state index contributed by atoms with van der Waals surface area (Å²) in [5, 5.41) is 2.28. The Morgan fingerprint density at radius 3 is 1.25 bits per heavy atom. The van der Waals surface area contributed by atoms with E-state index in [4.69, 9.17) is 0 Å². The predicted octanol–water partition coefficient (Wildman–Crippen LogP) is 6.07. The molecule has 0 spiro atoms. The molecule has 8 nitrogen and oxygen atoms in total. The number of pyridine rings is 2. The molecule has 0 saturated heterocycles. The van der Waals surface area contributed by atoms with Crippen molar-refractivity contribution in [3.05, 3.63) is 48.8 Å². The van der Waals surface area contributed by atoms with Crippen molar-refractivity contribution in [1.82, 2.24) is 9.97 Å². The number of Topliss-reactive ketones (excluding diaryl/α,β-unsaturated/α-hetero) is 6. The maximum Gasteiger partial charge on any atom is 0.450 e. The van der Waals surface area contributed by atoms with Gasteiger partial charge in [0.15, 0.2) is 0 Å². The molecule has 1 aromatic carbocycles. The van der Waals surface area contributed by atoms with Gasteiger partial charge in [-0.3, -0.25) is 38.7 Å². The van der Waals surface area contributed by atoms with Crippen molar-refractivity contribution in [2.24, 2.45) is 0 Å². The monoisotopic (exact) mass is 642 g/mol. The number of fused-ring (bicyclic) bond motifs is 3. The molecule has 0 amide bonds. The van der Waals surface area contributed by atoms with Crippen molar-refractivity contribution in [1.29, 1.82) is 0 Å². The second-order valence-electron chi connectivity index (χ2n) is 8.61. The van der Waals surface area contributed by atoms with E-state index in [2.05, 4.69) is 28.2 Å².